The van der Waals surface area contributed by atoms with E-state index in [9.17, 15) is 4.79 Å². The van der Waals surface area contributed by atoms with E-state index in [4.69, 9.17) is 0 Å². The van der Waals surface area contributed by atoms with Gasteiger partial charge in [0, 0.05) is 31.7 Å². The molecule has 0 aromatic carbocycles. The summed E-state index contributed by atoms with van der Waals surface area (Å²) in [7, 11) is 2.11. The summed E-state index contributed by atoms with van der Waals surface area (Å²) < 4.78 is 0. The van der Waals surface area contributed by atoms with E-state index in [2.05, 4.69) is 48.7 Å². The van der Waals surface area contributed by atoms with Crippen LogP contribution in [0.2, 0.25) is 0 Å². The third kappa shape index (κ3) is 5.33. The number of nitrogens with zero attached hydrogens (tertiary/aromatic N) is 1. The predicted octanol–water partition coefficient (Wildman–Crippen LogP) is -0.217. The number of rotatable bonds is 6. The highest BCUT2D eigenvalue weighted by Crippen LogP contribution is 1.95. The van der Waals surface area contributed by atoms with Crippen LogP contribution < -0.4 is 16.0 Å². The number of carbonyl (C=O) groups excluding carboxylic acids is 1. The molecule has 1 saturated heterocycles. The first-order chi connectivity index (χ1) is 8.50. The number of amides is 1. The van der Waals surface area contributed by atoms with Crippen LogP contribution in [-0.4, -0.2) is 62.2 Å². The number of nitrogens with one attached hydrogen (secondary N) is 3. The van der Waals surface area contributed by atoms with Gasteiger partial charge in [-0.05, 0) is 40.8 Å². The Morgan fingerprint density at radius 2 is 2.11 bits per heavy atom. The van der Waals surface area contributed by atoms with Crippen molar-refractivity contribution in [3.8, 4) is 0 Å². The molecule has 1 amide bonds. The largest absolute Gasteiger partial charge is 0.355 e. The minimum absolute atomic E-state index is 0.0796. The Bertz CT molecular complexity index is 249. The SMILES string of the molecule is CC1CNC(C(=O)NCCCN(C)C(C)C)CN1. The molecule has 2 unspecified atom stereocenters. The first kappa shape index (κ1) is 15.4. The van der Waals surface area contributed by atoms with E-state index in [-0.39, 0.29) is 11.9 Å². The van der Waals surface area contributed by atoms with E-state index in [1.165, 1.54) is 0 Å². The molecule has 0 radical (unpaired) electrons. The van der Waals surface area contributed by atoms with Crippen LogP contribution in [0.25, 0.3) is 0 Å². The number of hydrogen-bond donors (Lipinski definition) is 3. The van der Waals surface area contributed by atoms with E-state index >= 15 is 0 Å². The van der Waals surface area contributed by atoms with Gasteiger partial charge in [-0.3, -0.25) is 4.79 Å². The van der Waals surface area contributed by atoms with E-state index in [1.54, 1.807) is 0 Å². The van der Waals surface area contributed by atoms with Crippen LogP contribution in [0, 0.1) is 0 Å². The zero-order chi connectivity index (χ0) is 13.5. The third-order valence-corrected chi connectivity index (χ3v) is 3.53. The smallest absolute Gasteiger partial charge is 0.238 e. The summed E-state index contributed by atoms with van der Waals surface area (Å²) in [5, 5.41) is 9.55. The van der Waals surface area contributed by atoms with Gasteiger partial charge in [0.25, 0.3) is 0 Å². The zero-order valence-electron chi connectivity index (χ0n) is 12.1. The van der Waals surface area contributed by atoms with Crippen molar-refractivity contribution in [2.45, 2.75) is 45.3 Å². The topological polar surface area (TPSA) is 56.4 Å². The van der Waals surface area contributed by atoms with Crippen molar-refractivity contribution in [1.29, 1.82) is 0 Å². The summed E-state index contributed by atoms with van der Waals surface area (Å²) in [4.78, 5) is 14.1. The Labute approximate surface area is 111 Å². The van der Waals surface area contributed by atoms with Crippen molar-refractivity contribution in [2.24, 2.45) is 0 Å². The van der Waals surface area contributed by atoms with Crippen molar-refractivity contribution in [1.82, 2.24) is 20.9 Å². The molecule has 0 aliphatic carbocycles. The average Bonchev–Trinajstić information content (AvgIpc) is 2.34. The van der Waals surface area contributed by atoms with Gasteiger partial charge in [0.1, 0.15) is 0 Å². The van der Waals surface area contributed by atoms with Crippen molar-refractivity contribution in [2.75, 3.05) is 33.2 Å². The van der Waals surface area contributed by atoms with Crippen LogP contribution in [0.15, 0.2) is 0 Å². The lowest BCUT2D eigenvalue weighted by Gasteiger charge is -2.28. The normalized spacial score (nSPS) is 24.6. The lowest BCUT2D eigenvalue weighted by atomic mass is 10.1. The van der Waals surface area contributed by atoms with E-state index < -0.39 is 0 Å². The highest BCUT2D eigenvalue weighted by atomic mass is 16.2. The Balaban J connectivity index is 2.10. The van der Waals surface area contributed by atoms with Gasteiger partial charge in [-0.2, -0.15) is 0 Å². The molecule has 0 aromatic rings. The Kier molecular flexibility index (Phi) is 6.60. The predicted molar refractivity (Wildman–Crippen MR) is 74.6 cm³/mol. The van der Waals surface area contributed by atoms with Crippen LogP contribution in [0.3, 0.4) is 0 Å². The molecule has 3 N–H and O–H groups in total. The van der Waals surface area contributed by atoms with Crippen LogP contribution in [0.5, 0.6) is 0 Å². The van der Waals surface area contributed by atoms with Gasteiger partial charge in [0.05, 0.1) is 6.04 Å². The fourth-order valence-electron chi connectivity index (χ4n) is 1.89. The monoisotopic (exact) mass is 256 g/mol. The molecular formula is C13H28N4O. The summed E-state index contributed by atoms with van der Waals surface area (Å²) in [5.41, 5.74) is 0. The van der Waals surface area contributed by atoms with Gasteiger partial charge in [-0.1, -0.05) is 0 Å². The van der Waals surface area contributed by atoms with Gasteiger partial charge in [0.2, 0.25) is 5.91 Å². The molecule has 5 nitrogen and oxygen atoms in total. The molecule has 5 heteroatoms. The summed E-state index contributed by atoms with van der Waals surface area (Å²) >= 11 is 0. The van der Waals surface area contributed by atoms with Crippen LogP contribution in [0.1, 0.15) is 27.2 Å². The van der Waals surface area contributed by atoms with E-state index in [0.29, 0.717) is 12.1 Å². The second-order valence-electron chi connectivity index (χ2n) is 5.49. The second kappa shape index (κ2) is 7.71. The van der Waals surface area contributed by atoms with Crippen molar-refractivity contribution >= 4 is 5.91 Å². The molecule has 0 bridgehead atoms. The van der Waals surface area contributed by atoms with Crippen molar-refractivity contribution in [3.63, 3.8) is 0 Å². The van der Waals surface area contributed by atoms with Crippen molar-refractivity contribution in [3.05, 3.63) is 0 Å². The highest BCUT2D eigenvalue weighted by molar-refractivity contribution is 5.82. The molecular weight excluding hydrogens is 228 g/mol. The van der Waals surface area contributed by atoms with Gasteiger partial charge < -0.3 is 20.9 Å². The molecule has 1 aliphatic rings. The lowest BCUT2D eigenvalue weighted by molar-refractivity contribution is -0.123. The molecule has 2 atom stereocenters. The maximum Gasteiger partial charge on any atom is 0.238 e. The van der Waals surface area contributed by atoms with Crippen LogP contribution in [0.4, 0.5) is 0 Å². The quantitative estimate of drug-likeness (QED) is 0.575. The molecule has 0 spiro atoms. The Hall–Kier alpha value is -0.650. The number of hydrogen-bond acceptors (Lipinski definition) is 4. The minimum atomic E-state index is -0.0796. The third-order valence-electron chi connectivity index (χ3n) is 3.53. The molecule has 1 heterocycles. The van der Waals surface area contributed by atoms with E-state index in [1.807, 2.05) is 0 Å². The molecule has 0 aromatic heterocycles. The number of piperazine rings is 1. The molecule has 1 rings (SSSR count). The van der Waals surface area contributed by atoms with Crippen molar-refractivity contribution < 1.29 is 4.79 Å². The summed E-state index contributed by atoms with van der Waals surface area (Å²) in [6, 6.07) is 0.934. The maximum absolute atomic E-state index is 11.9. The average molecular weight is 256 g/mol. The van der Waals surface area contributed by atoms with Crippen LogP contribution >= 0.6 is 0 Å². The Morgan fingerprint density at radius 3 is 2.67 bits per heavy atom. The summed E-state index contributed by atoms with van der Waals surface area (Å²) in [6.07, 6.45) is 0.997. The summed E-state index contributed by atoms with van der Waals surface area (Å²) in [6.45, 7) is 9.82. The van der Waals surface area contributed by atoms with Gasteiger partial charge >= 0.3 is 0 Å². The standard InChI is InChI=1S/C13H28N4O/c1-10(2)17(4)7-5-6-14-13(18)12-9-15-11(3)8-16-12/h10-12,15-16H,5-9H2,1-4H3,(H,14,18). The van der Waals surface area contributed by atoms with Gasteiger partial charge in [0.15, 0.2) is 0 Å². The fourth-order valence-corrected chi connectivity index (χ4v) is 1.89. The second-order valence-corrected chi connectivity index (χ2v) is 5.49. The van der Waals surface area contributed by atoms with Crippen LogP contribution in [-0.2, 0) is 4.79 Å². The lowest BCUT2D eigenvalue weighted by Crippen LogP contribution is -2.59. The maximum atomic E-state index is 11.9. The highest BCUT2D eigenvalue weighted by Gasteiger charge is 2.22. The first-order valence-corrected chi connectivity index (χ1v) is 6.95. The van der Waals surface area contributed by atoms with E-state index in [0.717, 1.165) is 32.6 Å². The number of carbonyl (C=O) groups is 1. The fraction of sp³-hybridized carbons (Fsp3) is 0.923. The van der Waals surface area contributed by atoms with Gasteiger partial charge in [-0.25, -0.2) is 0 Å². The molecule has 18 heavy (non-hydrogen) atoms. The molecule has 0 saturated carbocycles. The minimum Gasteiger partial charge on any atom is -0.355 e. The molecule has 1 fully saturated rings. The Morgan fingerprint density at radius 1 is 1.39 bits per heavy atom. The van der Waals surface area contributed by atoms with Gasteiger partial charge in [-0.15, -0.1) is 0 Å². The zero-order valence-corrected chi connectivity index (χ0v) is 12.1. The first-order valence-electron chi connectivity index (χ1n) is 6.95. The summed E-state index contributed by atoms with van der Waals surface area (Å²) in [5.74, 6) is 0.113. The molecule has 106 valence electrons. The molecule has 1 aliphatic heterocycles.